The van der Waals surface area contributed by atoms with Crippen LogP contribution in [0.2, 0.25) is 0 Å². The molecule has 0 aliphatic carbocycles. The number of aromatic nitrogens is 1. The fraction of sp³-hybridized carbons (Fsp3) is 0.517. The summed E-state index contributed by atoms with van der Waals surface area (Å²) in [5, 5.41) is 2.66. The van der Waals surface area contributed by atoms with Crippen molar-refractivity contribution in [3.05, 3.63) is 48.8 Å². The number of alkyl carbamates (subject to hydrolysis) is 1. The van der Waals surface area contributed by atoms with E-state index in [4.69, 9.17) is 15.2 Å². The minimum Gasteiger partial charge on any atom is -0.456 e. The van der Waals surface area contributed by atoms with Crippen LogP contribution in [-0.2, 0) is 24.2 Å². The molecule has 1 aromatic heterocycles. The number of ketones is 1. The number of piperidine rings is 1. The Morgan fingerprint density at radius 2 is 1.73 bits per heavy atom. The molecule has 0 bridgehead atoms. The zero-order chi connectivity index (χ0) is 30.3. The van der Waals surface area contributed by atoms with Crippen LogP contribution in [0.25, 0.3) is 0 Å². The molecule has 1 aliphatic rings. The number of pyridine rings is 1. The van der Waals surface area contributed by atoms with Crippen LogP contribution in [0.15, 0.2) is 53.7 Å². The van der Waals surface area contributed by atoms with Crippen molar-refractivity contribution in [1.29, 1.82) is 0 Å². The molecule has 12 heteroatoms. The minimum atomic E-state index is -4.10. The van der Waals surface area contributed by atoms with Crippen molar-refractivity contribution in [2.45, 2.75) is 81.1 Å². The summed E-state index contributed by atoms with van der Waals surface area (Å²) >= 11 is 0. The van der Waals surface area contributed by atoms with Crippen LogP contribution in [0.1, 0.15) is 59.8 Å². The summed E-state index contributed by atoms with van der Waals surface area (Å²) in [7, 11) is -4.10. The summed E-state index contributed by atoms with van der Waals surface area (Å²) in [4.78, 5) is 44.3. The van der Waals surface area contributed by atoms with Crippen molar-refractivity contribution in [1.82, 2.24) is 15.2 Å². The van der Waals surface area contributed by atoms with Gasteiger partial charge in [-0.15, -0.1) is 0 Å². The van der Waals surface area contributed by atoms with Gasteiger partial charge in [-0.25, -0.2) is 13.2 Å². The highest BCUT2D eigenvalue weighted by Crippen LogP contribution is 2.37. The third-order valence-corrected chi connectivity index (χ3v) is 9.60. The van der Waals surface area contributed by atoms with E-state index in [9.17, 15) is 22.8 Å². The smallest absolute Gasteiger partial charge is 0.408 e. The Morgan fingerprint density at radius 3 is 2.27 bits per heavy atom. The number of nitrogens with zero attached hydrogens (tertiary/aromatic N) is 2. The largest absolute Gasteiger partial charge is 0.456 e. The minimum absolute atomic E-state index is 0.00253. The number of sulfone groups is 1. The lowest BCUT2D eigenvalue weighted by Gasteiger charge is -2.40. The summed E-state index contributed by atoms with van der Waals surface area (Å²) < 4.78 is 37.0. The molecule has 2 amide bonds. The van der Waals surface area contributed by atoms with E-state index in [1.807, 2.05) is 0 Å². The second-order valence-corrected chi connectivity index (χ2v) is 13.4. The molecule has 3 N–H and O–H groups in total. The maximum absolute atomic E-state index is 13.8. The Kier molecular flexibility index (Phi) is 10.5. The number of carbonyl (C=O) groups excluding carboxylic acids is 3. The van der Waals surface area contributed by atoms with E-state index >= 15 is 0 Å². The first kappa shape index (κ1) is 32.0. The van der Waals surface area contributed by atoms with Gasteiger partial charge in [-0.3, -0.25) is 14.6 Å². The molecule has 1 saturated heterocycles. The van der Waals surface area contributed by atoms with E-state index in [1.54, 1.807) is 39.1 Å². The summed E-state index contributed by atoms with van der Waals surface area (Å²) in [5.41, 5.74) is 4.86. The lowest BCUT2D eigenvalue weighted by molar-refractivity contribution is -0.136. The van der Waals surface area contributed by atoms with Crippen LogP contribution in [0.3, 0.4) is 0 Å². The van der Waals surface area contributed by atoms with Gasteiger partial charge in [0.2, 0.25) is 5.91 Å². The van der Waals surface area contributed by atoms with Crippen molar-refractivity contribution >= 4 is 27.6 Å². The third kappa shape index (κ3) is 8.04. The second kappa shape index (κ2) is 13.4. The molecular weight excluding hydrogens is 548 g/mol. The summed E-state index contributed by atoms with van der Waals surface area (Å²) in [6.45, 7) is 7.00. The fourth-order valence-corrected chi connectivity index (χ4v) is 6.82. The van der Waals surface area contributed by atoms with E-state index in [0.29, 0.717) is 37.3 Å². The van der Waals surface area contributed by atoms with E-state index in [-0.39, 0.29) is 36.7 Å². The molecule has 11 nitrogen and oxygen atoms in total. The maximum atomic E-state index is 13.8. The normalized spacial score (nSPS) is 16.0. The maximum Gasteiger partial charge on any atom is 0.408 e. The number of nitrogens with two attached hydrogens (primary N) is 1. The Morgan fingerprint density at radius 1 is 1.07 bits per heavy atom. The molecule has 2 heterocycles. The Bertz CT molecular complexity index is 1300. The molecular formula is C29H40N4O7S. The van der Waals surface area contributed by atoms with Gasteiger partial charge in [0.25, 0.3) is 0 Å². The summed E-state index contributed by atoms with van der Waals surface area (Å²) in [5.74, 6) is 0.0984. The number of hydrogen-bond acceptors (Lipinski definition) is 9. The van der Waals surface area contributed by atoms with Crippen LogP contribution in [0.5, 0.6) is 11.5 Å². The van der Waals surface area contributed by atoms with E-state index in [1.165, 1.54) is 42.3 Å². The van der Waals surface area contributed by atoms with Gasteiger partial charge in [0, 0.05) is 19.3 Å². The molecule has 1 atom stereocenters. The number of carbonyl (C=O) groups is 3. The lowest BCUT2D eigenvalue weighted by atomic mass is 9.91. The van der Waals surface area contributed by atoms with Gasteiger partial charge in [-0.05, 0) is 103 Å². The quantitative estimate of drug-likeness (QED) is 0.374. The topological polar surface area (TPSA) is 158 Å². The molecule has 0 saturated carbocycles. The van der Waals surface area contributed by atoms with Gasteiger partial charge in [0.1, 0.15) is 27.9 Å². The Hall–Kier alpha value is -3.51. The zero-order valence-electron chi connectivity index (χ0n) is 24.1. The van der Waals surface area contributed by atoms with Gasteiger partial charge in [0.15, 0.2) is 15.6 Å². The van der Waals surface area contributed by atoms with Gasteiger partial charge in [-0.1, -0.05) is 0 Å². The lowest BCUT2D eigenvalue weighted by Crippen LogP contribution is -2.57. The first-order valence-electron chi connectivity index (χ1n) is 13.7. The van der Waals surface area contributed by atoms with Crippen molar-refractivity contribution in [3.63, 3.8) is 0 Å². The number of nitrogens with one attached hydrogen (secondary N) is 1. The predicted molar refractivity (Wildman–Crippen MR) is 153 cm³/mol. The first-order chi connectivity index (χ1) is 19.3. The molecule has 1 fully saturated rings. The third-order valence-electron chi connectivity index (χ3n) is 6.98. The highest BCUT2D eigenvalue weighted by Gasteiger charge is 2.51. The van der Waals surface area contributed by atoms with Crippen molar-refractivity contribution in [3.8, 4) is 11.5 Å². The summed E-state index contributed by atoms with van der Waals surface area (Å²) in [6, 6.07) is 8.48. The van der Waals surface area contributed by atoms with Crippen molar-refractivity contribution < 1.29 is 32.3 Å². The van der Waals surface area contributed by atoms with Gasteiger partial charge >= 0.3 is 6.09 Å². The second-order valence-electron chi connectivity index (χ2n) is 11.1. The molecule has 0 radical (unpaired) electrons. The number of hydrogen-bond donors (Lipinski definition) is 2. The zero-order valence-corrected chi connectivity index (χ0v) is 24.9. The highest BCUT2D eigenvalue weighted by atomic mass is 32.2. The monoisotopic (exact) mass is 588 g/mol. The number of amides is 2. The van der Waals surface area contributed by atoms with Crippen LogP contribution < -0.4 is 15.8 Å². The molecule has 2 aromatic rings. The number of rotatable bonds is 11. The summed E-state index contributed by atoms with van der Waals surface area (Å²) in [6.07, 6.45) is 3.96. The molecule has 0 unspecified atom stereocenters. The molecule has 224 valence electrons. The van der Waals surface area contributed by atoms with Gasteiger partial charge in [0.05, 0.1) is 11.1 Å². The SMILES string of the molecule is CC(=O)C1(S(=O)(=O)c2ccc(Oc3cccnc3)cc2)CCN(C(=O)[C@H](CCCCN)NC(=O)OC(C)(C)C)CC1. The van der Waals surface area contributed by atoms with Crippen LogP contribution in [0.4, 0.5) is 4.79 Å². The number of benzene rings is 1. The molecule has 1 aliphatic heterocycles. The Labute approximate surface area is 241 Å². The fourth-order valence-electron chi connectivity index (χ4n) is 4.77. The molecule has 1 aromatic carbocycles. The van der Waals surface area contributed by atoms with Crippen molar-refractivity contribution in [2.24, 2.45) is 5.73 Å². The number of unbranched alkanes of at least 4 members (excludes halogenated alkanes) is 1. The van der Waals surface area contributed by atoms with Gasteiger partial charge in [-0.2, -0.15) is 0 Å². The number of ether oxygens (including phenoxy) is 2. The van der Waals surface area contributed by atoms with Gasteiger partial charge < -0.3 is 25.4 Å². The van der Waals surface area contributed by atoms with Crippen LogP contribution >= 0.6 is 0 Å². The average Bonchev–Trinajstić information content (AvgIpc) is 2.92. The van der Waals surface area contributed by atoms with Crippen molar-refractivity contribution in [2.75, 3.05) is 19.6 Å². The standard InChI is InChI=1S/C29H40N4O7S/c1-21(34)29(41(37,38)24-12-10-22(11-13-24)39-23-8-7-17-31-20-23)14-18-33(19-15-29)26(35)25(9-5-6-16-30)32-27(36)40-28(2,3)4/h7-8,10-13,17,20,25H,5-6,9,14-16,18-19,30H2,1-4H3,(H,32,36)/t25-/m0/s1. The van der Waals surface area contributed by atoms with Crippen LogP contribution in [0, 0.1) is 0 Å². The molecule has 0 spiro atoms. The van der Waals surface area contributed by atoms with Crippen LogP contribution in [-0.4, -0.2) is 72.1 Å². The first-order valence-corrected chi connectivity index (χ1v) is 15.2. The number of likely N-dealkylation sites (tertiary alicyclic amines) is 1. The Balaban J connectivity index is 1.75. The van der Waals surface area contributed by atoms with E-state index in [0.717, 1.165) is 0 Å². The average molecular weight is 589 g/mol. The molecule has 3 rings (SSSR count). The van der Waals surface area contributed by atoms with E-state index in [2.05, 4.69) is 10.3 Å². The number of Topliss-reactive ketones (excluding diaryl/α,β-unsaturated/α-hetero) is 1. The predicted octanol–water partition coefficient (Wildman–Crippen LogP) is 3.62. The molecule has 41 heavy (non-hydrogen) atoms. The van der Waals surface area contributed by atoms with E-state index < -0.39 is 38.1 Å². The highest BCUT2D eigenvalue weighted by molar-refractivity contribution is 7.93.